The molecule has 1 aromatic carbocycles. The van der Waals surface area contributed by atoms with Gasteiger partial charge in [0.25, 0.3) is 5.56 Å². The number of nitriles is 1. The number of hydrogen-bond acceptors (Lipinski definition) is 3. The second-order valence-electron chi connectivity index (χ2n) is 4.73. The Morgan fingerprint density at radius 3 is 2.52 bits per heavy atom. The van der Waals surface area contributed by atoms with Gasteiger partial charge in [-0.2, -0.15) is 5.26 Å². The summed E-state index contributed by atoms with van der Waals surface area (Å²) >= 11 is 0. The molecule has 0 unspecified atom stereocenters. The predicted octanol–water partition coefficient (Wildman–Crippen LogP) is 1.70. The molecule has 0 saturated carbocycles. The molecule has 0 spiro atoms. The van der Waals surface area contributed by atoms with E-state index in [1.165, 1.54) is 10.6 Å². The first-order valence-corrected chi connectivity index (χ1v) is 6.42. The van der Waals surface area contributed by atoms with Crippen LogP contribution in [0.3, 0.4) is 0 Å². The molecule has 2 rings (SSSR count). The molecular formula is C16H14N2O3. The van der Waals surface area contributed by atoms with E-state index < -0.39 is 5.97 Å². The van der Waals surface area contributed by atoms with Crippen molar-refractivity contribution in [1.82, 2.24) is 4.57 Å². The molecule has 0 bridgehead atoms. The lowest BCUT2D eigenvalue weighted by atomic mass is 10.0. The van der Waals surface area contributed by atoms with Crippen molar-refractivity contribution in [2.24, 2.45) is 0 Å². The fraction of sp³-hybridized carbons (Fsp3) is 0.188. The second-order valence-corrected chi connectivity index (χ2v) is 4.73. The van der Waals surface area contributed by atoms with E-state index in [1.54, 1.807) is 37.3 Å². The predicted molar refractivity (Wildman–Crippen MR) is 77.0 cm³/mol. The molecule has 1 N–H and O–H groups in total. The Morgan fingerprint density at radius 1 is 1.24 bits per heavy atom. The van der Waals surface area contributed by atoms with Crippen LogP contribution in [0, 0.1) is 18.3 Å². The van der Waals surface area contributed by atoms with E-state index in [2.05, 4.69) is 0 Å². The third-order valence-corrected chi connectivity index (χ3v) is 3.30. The summed E-state index contributed by atoms with van der Waals surface area (Å²) in [7, 11) is 0. The highest BCUT2D eigenvalue weighted by Gasteiger charge is 2.10. The molecule has 5 nitrogen and oxygen atoms in total. The molecule has 0 atom stereocenters. The molecule has 0 aliphatic rings. The maximum absolute atomic E-state index is 12.2. The molecule has 0 fully saturated rings. The molecule has 0 saturated heterocycles. The van der Waals surface area contributed by atoms with Gasteiger partial charge in [0, 0.05) is 5.69 Å². The van der Waals surface area contributed by atoms with Crippen molar-refractivity contribution in [2.75, 3.05) is 0 Å². The van der Waals surface area contributed by atoms with Crippen molar-refractivity contribution in [3.8, 4) is 6.07 Å². The van der Waals surface area contributed by atoms with Crippen LogP contribution in [0.15, 0.2) is 41.2 Å². The van der Waals surface area contributed by atoms with E-state index in [1.807, 2.05) is 6.07 Å². The van der Waals surface area contributed by atoms with E-state index >= 15 is 0 Å². The van der Waals surface area contributed by atoms with Gasteiger partial charge >= 0.3 is 5.97 Å². The minimum Gasteiger partial charge on any atom is -0.481 e. The minimum atomic E-state index is -0.919. The van der Waals surface area contributed by atoms with Crippen LogP contribution >= 0.6 is 0 Å². The van der Waals surface area contributed by atoms with Gasteiger partial charge in [0.2, 0.25) is 0 Å². The van der Waals surface area contributed by atoms with Crippen molar-refractivity contribution in [3.63, 3.8) is 0 Å². The summed E-state index contributed by atoms with van der Waals surface area (Å²) in [4.78, 5) is 23.1. The highest BCUT2D eigenvalue weighted by Crippen LogP contribution is 2.12. The third kappa shape index (κ3) is 3.18. The summed E-state index contributed by atoms with van der Waals surface area (Å²) in [6.45, 7) is 2.03. The first-order chi connectivity index (χ1) is 10.0. The zero-order chi connectivity index (χ0) is 15.4. The molecule has 0 amide bonds. The van der Waals surface area contributed by atoms with Crippen LogP contribution in [-0.2, 0) is 17.8 Å². The molecular weight excluding hydrogens is 268 g/mol. The Kier molecular flexibility index (Phi) is 4.19. The van der Waals surface area contributed by atoms with Crippen LogP contribution in [0.1, 0.15) is 22.4 Å². The topological polar surface area (TPSA) is 83.1 Å². The standard InChI is InChI=1S/C16H14N2O3/c1-11-6-7-13(9-17)16(21)18(11)10-14-5-3-2-4-12(14)8-15(19)20/h2-7H,8,10H2,1H3,(H,19,20). The SMILES string of the molecule is Cc1ccc(C#N)c(=O)n1Cc1ccccc1CC(=O)O. The summed E-state index contributed by atoms with van der Waals surface area (Å²) in [6, 6.07) is 12.2. The average molecular weight is 282 g/mol. The highest BCUT2D eigenvalue weighted by molar-refractivity contribution is 5.70. The molecule has 106 valence electrons. The lowest BCUT2D eigenvalue weighted by Gasteiger charge is -2.13. The fourth-order valence-corrected chi connectivity index (χ4v) is 2.17. The van der Waals surface area contributed by atoms with E-state index in [-0.39, 0.29) is 24.1 Å². The molecule has 21 heavy (non-hydrogen) atoms. The summed E-state index contributed by atoms with van der Waals surface area (Å²) in [6.07, 6.45) is -0.0953. The number of nitrogens with zero attached hydrogens (tertiary/aromatic N) is 2. The molecule has 0 radical (unpaired) electrons. The van der Waals surface area contributed by atoms with Gasteiger partial charge < -0.3 is 9.67 Å². The fourth-order valence-electron chi connectivity index (χ4n) is 2.17. The molecule has 1 aromatic heterocycles. The van der Waals surface area contributed by atoms with Crippen LogP contribution in [0.5, 0.6) is 0 Å². The lowest BCUT2D eigenvalue weighted by molar-refractivity contribution is -0.136. The maximum atomic E-state index is 12.2. The van der Waals surface area contributed by atoms with Crippen molar-refractivity contribution in [1.29, 1.82) is 5.26 Å². The van der Waals surface area contributed by atoms with Crippen molar-refractivity contribution in [2.45, 2.75) is 19.9 Å². The zero-order valence-corrected chi connectivity index (χ0v) is 11.5. The second kappa shape index (κ2) is 6.06. The van der Waals surface area contributed by atoms with Gasteiger partial charge in [-0.25, -0.2) is 0 Å². The Bertz CT molecular complexity index is 785. The number of hydrogen-bond donors (Lipinski definition) is 1. The summed E-state index contributed by atoms with van der Waals surface area (Å²) in [5.74, 6) is -0.919. The van der Waals surface area contributed by atoms with Gasteiger partial charge in [-0.3, -0.25) is 9.59 Å². The van der Waals surface area contributed by atoms with Crippen LogP contribution in [0.25, 0.3) is 0 Å². The number of aryl methyl sites for hydroxylation is 1. The third-order valence-electron chi connectivity index (χ3n) is 3.30. The number of aromatic nitrogens is 1. The average Bonchev–Trinajstić information content (AvgIpc) is 2.44. The van der Waals surface area contributed by atoms with Gasteiger partial charge in [0.05, 0.1) is 13.0 Å². The first-order valence-electron chi connectivity index (χ1n) is 6.42. The van der Waals surface area contributed by atoms with Crippen LogP contribution in [-0.4, -0.2) is 15.6 Å². The van der Waals surface area contributed by atoms with Gasteiger partial charge in [-0.15, -0.1) is 0 Å². The summed E-state index contributed by atoms with van der Waals surface area (Å²) in [5.41, 5.74) is 1.88. The van der Waals surface area contributed by atoms with E-state index in [4.69, 9.17) is 10.4 Å². The largest absolute Gasteiger partial charge is 0.481 e. The maximum Gasteiger partial charge on any atom is 0.307 e. The van der Waals surface area contributed by atoms with E-state index in [9.17, 15) is 9.59 Å². The molecule has 0 aliphatic carbocycles. The van der Waals surface area contributed by atoms with Crippen molar-refractivity contribution in [3.05, 3.63) is 69.1 Å². The number of carbonyl (C=O) groups is 1. The number of carboxylic acids is 1. The molecule has 5 heteroatoms. The van der Waals surface area contributed by atoms with Crippen LogP contribution in [0.4, 0.5) is 0 Å². The van der Waals surface area contributed by atoms with Gasteiger partial charge in [-0.1, -0.05) is 24.3 Å². The quantitative estimate of drug-likeness (QED) is 0.925. The van der Waals surface area contributed by atoms with Gasteiger partial charge in [-0.05, 0) is 30.2 Å². The number of aliphatic carboxylic acids is 1. The molecule has 2 aromatic rings. The Hall–Kier alpha value is -2.87. The summed E-state index contributed by atoms with van der Waals surface area (Å²) < 4.78 is 1.49. The van der Waals surface area contributed by atoms with E-state index in [0.717, 1.165) is 11.3 Å². The number of pyridine rings is 1. The zero-order valence-electron chi connectivity index (χ0n) is 11.5. The smallest absolute Gasteiger partial charge is 0.307 e. The van der Waals surface area contributed by atoms with Crippen molar-refractivity contribution < 1.29 is 9.90 Å². The Morgan fingerprint density at radius 2 is 1.90 bits per heavy atom. The van der Waals surface area contributed by atoms with Crippen molar-refractivity contribution >= 4 is 5.97 Å². The minimum absolute atomic E-state index is 0.0799. The first kappa shape index (κ1) is 14.5. The number of rotatable bonds is 4. The molecule has 0 aliphatic heterocycles. The molecule has 1 heterocycles. The van der Waals surface area contributed by atoms with Gasteiger partial charge in [0.15, 0.2) is 0 Å². The number of benzene rings is 1. The summed E-state index contributed by atoms with van der Waals surface area (Å²) in [5, 5.41) is 17.9. The Labute approximate surface area is 121 Å². The van der Waals surface area contributed by atoms with Crippen LogP contribution in [0.2, 0.25) is 0 Å². The van der Waals surface area contributed by atoms with Crippen LogP contribution < -0.4 is 5.56 Å². The number of carboxylic acid groups (broad SMARTS) is 1. The highest BCUT2D eigenvalue weighted by atomic mass is 16.4. The van der Waals surface area contributed by atoms with E-state index in [0.29, 0.717) is 5.56 Å². The monoisotopic (exact) mass is 282 g/mol. The Balaban J connectivity index is 2.47. The van der Waals surface area contributed by atoms with Gasteiger partial charge in [0.1, 0.15) is 11.6 Å². The lowest BCUT2D eigenvalue weighted by Crippen LogP contribution is -2.25. The normalized spacial score (nSPS) is 10.1.